The Morgan fingerprint density at radius 2 is 2.14 bits per heavy atom. The van der Waals surface area contributed by atoms with Crippen molar-refractivity contribution in [2.45, 2.75) is 12.3 Å². The molecule has 0 radical (unpaired) electrons. The van der Waals surface area contributed by atoms with Crippen molar-refractivity contribution in [3.05, 3.63) is 57.6 Å². The molecule has 0 aliphatic carbocycles. The van der Waals surface area contributed by atoms with Crippen LogP contribution in [0.5, 0.6) is 5.75 Å². The number of benzene rings is 2. The summed E-state index contributed by atoms with van der Waals surface area (Å²) in [5, 5.41) is 4.39. The summed E-state index contributed by atoms with van der Waals surface area (Å²) in [5.74, 6) is 0.581. The number of aromatic nitrogens is 2. The molecule has 28 heavy (non-hydrogen) atoms. The van der Waals surface area contributed by atoms with Gasteiger partial charge in [-0.05, 0) is 52.3 Å². The van der Waals surface area contributed by atoms with Crippen molar-refractivity contribution in [1.82, 2.24) is 10.1 Å². The van der Waals surface area contributed by atoms with Gasteiger partial charge < -0.3 is 14.2 Å². The molecule has 144 valence electrons. The van der Waals surface area contributed by atoms with Gasteiger partial charge in [0.05, 0.1) is 22.5 Å². The molecule has 6 nitrogen and oxygen atoms in total. The van der Waals surface area contributed by atoms with Gasteiger partial charge in [-0.3, -0.25) is 4.79 Å². The van der Waals surface area contributed by atoms with Crippen LogP contribution >= 0.6 is 27.5 Å². The molecule has 0 spiro atoms. The summed E-state index contributed by atoms with van der Waals surface area (Å²) in [7, 11) is 1.53. The van der Waals surface area contributed by atoms with Crippen molar-refractivity contribution in [2.24, 2.45) is 0 Å². The lowest BCUT2D eigenvalue weighted by Gasteiger charge is -2.17. The van der Waals surface area contributed by atoms with Crippen molar-refractivity contribution in [3.63, 3.8) is 0 Å². The number of hydrogen-bond donors (Lipinski definition) is 0. The molecule has 2 aromatic carbocycles. The summed E-state index contributed by atoms with van der Waals surface area (Å²) in [6.45, 7) is 0.399. The smallest absolute Gasteiger partial charge is 0.232 e. The number of amides is 1. The Balaban J connectivity index is 1.55. The number of halogens is 3. The third-order valence-electron chi connectivity index (χ3n) is 4.54. The highest BCUT2D eigenvalue weighted by molar-refractivity contribution is 9.10. The normalized spacial score (nSPS) is 16.6. The Kier molecular flexibility index (Phi) is 5.07. The number of carbonyl (C=O) groups excluding carboxylic acids is 1. The van der Waals surface area contributed by atoms with Crippen molar-refractivity contribution < 1.29 is 18.4 Å². The second kappa shape index (κ2) is 7.52. The van der Waals surface area contributed by atoms with Gasteiger partial charge in [0.1, 0.15) is 11.6 Å². The number of ether oxygens (including phenoxy) is 1. The van der Waals surface area contributed by atoms with Gasteiger partial charge in [0.2, 0.25) is 17.6 Å². The van der Waals surface area contributed by atoms with Crippen LogP contribution in [0.4, 0.5) is 10.1 Å². The van der Waals surface area contributed by atoms with Gasteiger partial charge in [0, 0.05) is 24.2 Å². The third kappa shape index (κ3) is 3.49. The van der Waals surface area contributed by atoms with Gasteiger partial charge in [0.25, 0.3) is 0 Å². The Hall–Kier alpha value is -2.45. The molecule has 4 rings (SSSR count). The molecule has 0 bridgehead atoms. The molecule has 2 heterocycles. The summed E-state index contributed by atoms with van der Waals surface area (Å²) < 4.78 is 24.2. The number of hydrogen-bond acceptors (Lipinski definition) is 5. The average molecular weight is 467 g/mol. The largest absolute Gasteiger partial charge is 0.495 e. The lowest BCUT2D eigenvalue weighted by molar-refractivity contribution is -0.117. The minimum atomic E-state index is -0.373. The average Bonchev–Trinajstić information content (AvgIpc) is 3.31. The zero-order chi connectivity index (χ0) is 19.8. The number of methoxy groups -OCH3 is 1. The van der Waals surface area contributed by atoms with Gasteiger partial charge in [-0.2, -0.15) is 4.98 Å². The van der Waals surface area contributed by atoms with Crippen LogP contribution in [0.25, 0.3) is 11.4 Å². The van der Waals surface area contributed by atoms with Crippen LogP contribution in [0.1, 0.15) is 18.2 Å². The molecule has 3 aromatic rings. The fourth-order valence-corrected chi connectivity index (χ4v) is 3.73. The summed E-state index contributed by atoms with van der Waals surface area (Å²) >= 11 is 9.31. The standard InChI is InChI=1S/C19H14BrClFN3O3/c1-27-16-5-3-12(8-14(16)21)25-9-11(7-17(25)26)19-23-18(24-28-19)10-2-4-15(22)13(20)6-10/h2-6,8,11H,7,9H2,1H3. The van der Waals surface area contributed by atoms with Crippen LogP contribution in [0.3, 0.4) is 0 Å². The van der Waals surface area contributed by atoms with E-state index in [0.717, 1.165) is 0 Å². The summed E-state index contributed by atoms with van der Waals surface area (Å²) in [6, 6.07) is 9.66. The first kappa shape index (κ1) is 18.9. The van der Waals surface area contributed by atoms with Gasteiger partial charge in [-0.1, -0.05) is 16.8 Å². The predicted molar refractivity (Wildman–Crippen MR) is 105 cm³/mol. The number of nitrogens with zero attached hydrogens (tertiary/aromatic N) is 3. The molecule has 1 amide bonds. The van der Waals surface area contributed by atoms with E-state index in [4.69, 9.17) is 20.9 Å². The van der Waals surface area contributed by atoms with E-state index >= 15 is 0 Å². The highest BCUT2D eigenvalue weighted by Gasteiger charge is 2.35. The Bertz CT molecular complexity index is 1060. The van der Waals surface area contributed by atoms with Crippen LogP contribution in [-0.2, 0) is 4.79 Å². The molecule has 1 saturated heterocycles. The highest BCUT2D eigenvalue weighted by atomic mass is 79.9. The number of anilines is 1. The Labute approximate surface area is 173 Å². The second-order valence-corrected chi connectivity index (χ2v) is 7.57. The van der Waals surface area contributed by atoms with Crippen molar-refractivity contribution in [1.29, 1.82) is 0 Å². The zero-order valence-electron chi connectivity index (χ0n) is 14.7. The molecule has 1 aliphatic heterocycles. The minimum absolute atomic E-state index is 0.0597. The molecule has 1 aromatic heterocycles. The Morgan fingerprint density at radius 1 is 1.32 bits per heavy atom. The van der Waals surface area contributed by atoms with E-state index in [9.17, 15) is 9.18 Å². The molecule has 9 heteroatoms. The summed E-state index contributed by atoms with van der Waals surface area (Å²) in [6.07, 6.45) is 0.248. The van der Waals surface area contributed by atoms with Gasteiger partial charge in [-0.15, -0.1) is 0 Å². The molecule has 0 saturated carbocycles. The first-order valence-electron chi connectivity index (χ1n) is 8.39. The maximum Gasteiger partial charge on any atom is 0.232 e. The van der Waals surface area contributed by atoms with E-state index in [2.05, 4.69) is 26.1 Å². The Morgan fingerprint density at radius 3 is 2.86 bits per heavy atom. The van der Waals surface area contributed by atoms with Crippen LogP contribution < -0.4 is 9.64 Å². The SMILES string of the molecule is COc1ccc(N2CC(c3nc(-c4ccc(F)c(Br)c4)no3)CC2=O)cc1Cl. The van der Waals surface area contributed by atoms with Crippen LogP contribution in [0, 0.1) is 5.82 Å². The maximum absolute atomic E-state index is 13.4. The van der Waals surface area contributed by atoms with E-state index in [1.165, 1.54) is 13.2 Å². The van der Waals surface area contributed by atoms with Crippen molar-refractivity contribution in [3.8, 4) is 17.1 Å². The fourth-order valence-electron chi connectivity index (χ4n) is 3.10. The fraction of sp³-hybridized carbons (Fsp3) is 0.211. The molecule has 1 fully saturated rings. The van der Waals surface area contributed by atoms with E-state index in [-0.39, 0.29) is 24.1 Å². The molecule has 1 aliphatic rings. The number of rotatable bonds is 4. The quantitative estimate of drug-likeness (QED) is 0.551. The lowest BCUT2D eigenvalue weighted by atomic mass is 10.1. The predicted octanol–water partition coefficient (Wildman–Crippen LogP) is 4.82. The first-order valence-corrected chi connectivity index (χ1v) is 9.56. The lowest BCUT2D eigenvalue weighted by Crippen LogP contribution is -2.24. The monoisotopic (exact) mass is 465 g/mol. The second-order valence-electron chi connectivity index (χ2n) is 6.31. The number of carbonyl (C=O) groups is 1. The minimum Gasteiger partial charge on any atom is -0.495 e. The molecular weight excluding hydrogens is 453 g/mol. The van der Waals surface area contributed by atoms with E-state index in [1.54, 1.807) is 35.2 Å². The topological polar surface area (TPSA) is 68.5 Å². The summed E-state index contributed by atoms with van der Waals surface area (Å²) in [5.41, 5.74) is 1.30. The first-order chi connectivity index (χ1) is 13.5. The summed E-state index contributed by atoms with van der Waals surface area (Å²) in [4.78, 5) is 18.5. The van der Waals surface area contributed by atoms with Crippen molar-refractivity contribution >= 4 is 39.1 Å². The van der Waals surface area contributed by atoms with Crippen LogP contribution in [0.2, 0.25) is 5.02 Å². The van der Waals surface area contributed by atoms with E-state index in [0.29, 0.717) is 44.8 Å². The van der Waals surface area contributed by atoms with Crippen molar-refractivity contribution in [2.75, 3.05) is 18.6 Å². The van der Waals surface area contributed by atoms with Gasteiger partial charge in [-0.25, -0.2) is 4.39 Å². The molecule has 1 unspecified atom stereocenters. The van der Waals surface area contributed by atoms with Crippen LogP contribution in [0.15, 0.2) is 45.4 Å². The molecule has 0 N–H and O–H groups in total. The van der Waals surface area contributed by atoms with E-state index in [1.807, 2.05) is 0 Å². The van der Waals surface area contributed by atoms with Gasteiger partial charge in [0.15, 0.2) is 0 Å². The molecule has 1 atom stereocenters. The third-order valence-corrected chi connectivity index (χ3v) is 5.44. The zero-order valence-corrected chi connectivity index (χ0v) is 17.0. The maximum atomic E-state index is 13.4. The highest BCUT2D eigenvalue weighted by Crippen LogP contribution is 2.35. The van der Waals surface area contributed by atoms with Crippen LogP contribution in [-0.4, -0.2) is 29.7 Å². The van der Waals surface area contributed by atoms with E-state index < -0.39 is 0 Å². The molecular formula is C19H14BrClFN3O3. The van der Waals surface area contributed by atoms with Gasteiger partial charge >= 0.3 is 0 Å².